The summed E-state index contributed by atoms with van der Waals surface area (Å²) in [6.45, 7) is 2.49. The summed E-state index contributed by atoms with van der Waals surface area (Å²) >= 11 is 0. The average Bonchev–Trinajstić information content (AvgIpc) is 3.41. The van der Waals surface area contributed by atoms with Gasteiger partial charge < -0.3 is 19.4 Å². The first-order valence-electron chi connectivity index (χ1n) is 8.72. The summed E-state index contributed by atoms with van der Waals surface area (Å²) in [7, 11) is 0. The standard InChI is InChI=1S/C18H23N3O3/c22-17(12-19-9-10-20(18(19)23)15-6-7-15)21-13-24-11-8-16(21)14-4-2-1-3-5-14/h1-5,15-16H,6-13H2. The van der Waals surface area contributed by atoms with Gasteiger partial charge >= 0.3 is 6.03 Å². The lowest BCUT2D eigenvalue weighted by atomic mass is 10.0. The average molecular weight is 329 g/mol. The van der Waals surface area contributed by atoms with Gasteiger partial charge in [0.1, 0.15) is 13.3 Å². The number of hydrogen-bond acceptors (Lipinski definition) is 3. The van der Waals surface area contributed by atoms with Crippen molar-refractivity contribution in [2.24, 2.45) is 0 Å². The smallest absolute Gasteiger partial charge is 0.320 e. The van der Waals surface area contributed by atoms with E-state index in [4.69, 9.17) is 4.74 Å². The van der Waals surface area contributed by atoms with Crippen molar-refractivity contribution in [1.29, 1.82) is 0 Å². The molecule has 6 heteroatoms. The number of carbonyl (C=O) groups is 2. The van der Waals surface area contributed by atoms with E-state index < -0.39 is 0 Å². The first kappa shape index (κ1) is 15.4. The fourth-order valence-electron chi connectivity index (χ4n) is 3.60. The second-order valence-electron chi connectivity index (χ2n) is 6.74. The van der Waals surface area contributed by atoms with Crippen LogP contribution in [0.5, 0.6) is 0 Å². The van der Waals surface area contributed by atoms with Crippen molar-refractivity contribution in [2.75, 3.05) is 33.0 Å². The van der Waals surface area contributed by atoms with Crippen LogP contribution in [-0.4, -0.2) is 65.7 Å². The zero-order valence-electron chi connectivity index (χ0n) is 13.8. The van der Waals surface area contributed by atoms with Crippen LogP contribution >= 0.6 is 0 Å². The molecule has 0 N–H and O–H groups in total. The number of benzene rings is 1. The topological polar surface area (TPSA) is 53.1 Å². The molecule has 1 saturated carbocycles. The molecule has 128 valence electrons. The van der Waals surface area contributed by atoms with E-state index in [0.29, 0.717) is 25.9 Å². The molecule has 1 aromatic carbocycles. The molecule has 2 heterocycles. The Balaban J connectivity index is 1.43. The Bertz CT molecular complexity index is 617. The fourth-order valence-corrected chi connectivity index (χ4v) is 3.60. The SMILES string of the molecule is O=C1N(CC(=O)N2COCCC2c2ccccc2)CCN1C1CC1. The first-order chi connectivity index (χ1) is 11.7. The van der Waals surface area contributed by atoms with E-state index in [-0.39, 0.29) is 24.5 Å². The summed E-state index contributed by atoms with van der Waals surface area (Å²) < 4.78 is 5.51. The van der Waals surface area contributed by atoms with E-state index in [2.05, 4.69) is 0 Å². The molecule has 1 aliphatic carbocycles. The van der Waals surface area contributed by atoms with E-state index in [9.17, 15) is 9.59 Å². The Kier molecular flexibility index (Phi) is 4.14. The van der Waals surface area contributed by atoms with Gasteiger partial charge in [0.25, 0.3) is 0 Å². The summed E-state index contributed by atoms with van der Waals surface area (Å²) in [6, 6.07) is 10.5. The molecule has 1 atom stereocenters. The first-order valence-corrected chi connectivity index (χ1v) is 8.72. The van der Waals surface area contributed by atoms with E-state index in [1.165, 1.54) is 0 Å². The second-order valence-corrected chi connectivity index (χ2v) is 6.74. The van der Waals surface area contributed by atoms with Gasteiger partial charge in [-0.25, -0.2) is 4.79 Å². The Morgan fingerprint density at radius 2 is 1.92 bits per heavy atom. The van der Waals surface area contributed by atoms with Gasteiger partial charge in [-0.3, -0.25) is 4.79 Å². The summed E-state index contributed by atoms with van der Waals surface area (Å²) in [4.78, 5) is 30.6. The van der Waals surface area contributed by atoms with Crippen LogP contribution in [0.1, 0.15) is 30.9 Å². The number of urea groups is 1. The van der Waals surface area contributed by atoms with E-state index in [0.717, 1.165) is 31.4 Å². The van der Waals surface area contributed by atoms with Gasteiger partial charge in [0.2, 0.25) is 5.91 Å². The predicted octanol–water partition coefficient (Wildman–Crippen LogP) is 1.83. The van der Waals surface area contributed by atoms with Crippen molar-refractivity contribution in [3.63, 3.8) is 0 Å². The Hall–Kier alpha value is -2.08. The number of amides is 3. The monoisotopic (exact) mass is 329 g/mol. The lowest BCUT2D eigenvalue weighted by Crippen LogP contribution is -2.46. The van der Waals surface area contributed by atoms with Crippen molar-refractivity contribution >= 4 is 11.9 Å². The van der Waals surface area contributed by atoms with Gasteiger partial charge in [-0.1, -0.05) is 30.3 Å². The van der Waals surface area contributed by atoms with E-state index >= 15 is 0 Å². The highest BCUT2D eigenvalue weighted by Crippen LogP contribution is 2.31. The molecule has 0 spiro atoms. The molecule has 1 unspecified atom stereocenters. The van der Waals surface area contributed by atoms with Crippen LogP contribution in [0.2, 0.25) is 0 Å². The lowest BCUT2D eigenvalue weighted by Gasteiger charge is -2.36. The van der Waals surface area contributed by atoms with Crippen LogP contribution in [0, 0.1) is 0 Å². The molecule has 0 radical (unpaired) electrons. The molecule has 2 aliphatic heterocycles. The quantitative estimate of drug-likeness (QED) is 0.847. The maximum atomic E-state index is 12.8. The molecule has 2 saturated heterocycles. The largest absolute Gasteiger partial charge is 0.361 e. The highest BCUT2D eigenvalue weighted by atomic mass is 16.5. The maximum absolute atomic E-state index is 12.8. The maximum Gasteiger partial charge on any atom is 0.320 e. The number of hydrogen-bond donors (Lipinski definition) is 0. The van der Waals surface area contributed by atoms with Gasteiger partial charge in [-0.05, 0) is 24.8 Å². The number of rotatable bonds is 4. The Morgan fingerprint density at radius 1 is 1.12 bits per heavy atom. The van der Waals surface area contributed by atoms with Crippen LogP contribution in [-0.2, 0) is 9.53 Å². The third kappa shape index (κ3) is 2.98. The van der Waals surface area contributed by atoms with E-state index in [1.807, 2.05) is 35.2 Å². The zero-order valence-corrected chi connectivity index (χ0v) is 13.8. The molecular weight excluding hydrogens is 306 g/mol. The van der Waals surface area contributed by atoms with Gasteiger partial charge in [0.05, 0.1) is 12.6 Å². The van der Waals surface area contributed by atoms with Gasteiger partial charge in [-0.2, -0.15) is 0 Å². The van der Waals surface area contributed by atoms with Crippen LogP contribution in [0.3, 0.4) is 0 Å². The van der Waals surface area contributed by atoms with Crippen LogP contribution < -0.4 is 0 Å². The van der Waals surface area contributed by atoms with Crippen molar-refractivity contribution in [2.45, 2.75) is 31.3 Å². The Labute approximate surface area is 142 Å². The summed E-state index contributed by atoms with van der Waals surface area (Å²) in [5.74, 6) is -0.0328. The lowest BCUT2D eigenvalue weighted by molar-refractivity contribution is -0.147. The summed E-state index contributed by atoms with van der Waals surface area (Å²) in [5.41, 5.74) is 1.13. The minimum Gasteiger partial charge on any atom is -0.361 e. The van der Waals surface area contributed by atoms with Crippen LogP contribution in [0.4, 0.5) is 4.79 Å². The molecule has 3 amide bonds. The zero-order chi connectivity index (χ0) is 16.5. The third-order valence-electron chi connectivity index (χ3n) is 5.09. The highest BCUT2D eigenvalue weighted by Gasteiger charge is 2.40. The number of carbonyl (C=O) groups excluding carboxylic acids is 2. The molecule has 3 fully saturated rings. The minimum atomic E-state index is -0.0328. The molecule has 1 aromatic rings. The van der Waals surface area contributed by atoms with Gasteiger partial charge in [0, 0.05) is 19.1 Å². The van der Waals surface area contributed by atoms with E-state index in [1.54, 1.807) is 9.80 Å². The predicted molar refractivity (Wildman–Crippen MR) is 88.2 cm³/mol. The van der Waals surface area contributed by atoms with Crippen molar-refractivity contribution in [3.8, 4) is 0 Å². The summed E-state index contributed by atoms with van der Waals surface area (Å²) in [6.07, 6.45) is 2.99. The van der Waals surface area contributed by atoms with Gasteiger partial charge in [-0.15, -0.1) is 0 Å². The molecule has 3 aliphatic rings. The second kappa shape index (κ2) is 6.43. The highest BCUT2D eigenvalue weighted by molar-refractivity contribution is 5.85. The molecular formula is C18H23N3O3. The molecule has 24 heavy (non-hydrogen) atoms. The number of ether oxygens (including phenoxy) is 1. The fraction of sp³-hybridized carbons (Fsp3) is 0.556. The normalized spacial score (nSPS) is 24.6. The van der Waals surface area contributed by atoms with Crippen molar-refractivity contribution in [1.82, 2.24) is 14.7 Å². The minimum absolute atomic E-state index is 0.0139. The van der Waals surface area contributed by atoms with Crippen LogP contribution in [0.15, 0.2) is 30.3 Å². The number of nitrogens with zero attached hydrogens (tertiary/aromatic N) is 3. The van der Waals surface area contributed by atoms with Crippen molar-refractivity contribution in [3.05, 3.63) is 35.9 Å². The molecule has 0 aromatic heterocycles. The molecule has 6 nitrogen and oxygen atoms in total. The molecule has 0 bridgehead atoms. The Morgan fingerprint density at radius 3 is 2.67 bits per heavy atom. The summed E-state index contributed by atoms with van der Waals surface area (Å²) in [5, 5.41) is 0. The third-order valence-corrected chi connectivity index (χ3v) is 5.09. The van der Waals surface area contributed by atoms with Gasteiger partial charge in [0.15, 0.2) is 0 Å². The van der Waals surface area contributed by atoms with Crippen LogP contribution in [0.25, 0.3) is 0 Å². The molecule has 4 rings (SSSR count). The van der Waals surface area contributed by atoms with Crippen molar-refractivity contribution < 1.29 is 14.3 Å².